The lowest BCUT2D eigenvalue weighted by molar-refractivity contribution is -0.122. The van der Waals surface area contributed by atoms with E-state index in [2.05, 4.69) is 15.5 Å². The predicted molar refractivity (Wildman–Crippen MR) is 118 cm³/mol. The van der Waals surface area contributed by atoms with Crippen LogP contribution in [0.2, 0.25) is 0 Å². The van der Waals surface area contributed by atoms with Crippen molar-refractivity contribution in [2.45, 2.75) is 38.8 Å². The van der Waals surface area contributed by atoms with Crippen molar-refractivity contribution < 1.29 is 9.18 Å². The number of rotatable bonds is 4. The van der Waals surface area contributed by atoms with Gasteiger partial charge in [0.05, 0.1) is 23.3 Å². The van der Waals surface area contributed by atoms with Crippen molar-refractivity contribution in [3.63, 3.8) is 0 Å². The van der Waals surface area contributed by atoms with Gasteiger partial charge in [-0.3, -0.25) is 9.59 Å². The lowest BCUT2D eigenvalue weighted by Crippen LogP contribution is -2.37. The van der Waals surface area contributed by atoms with E-state index in [1.54, 1.807) is 41.2 Å². The molecule has 0 spiro atoms. The molecule has 0 bridgehead atoms. The maximum Gasteiger partial charge on any atom is 0.275 e. The number of aromatic nitrogens is 4. The first-order valence-electron chi connectivity index (χ1n) is 10.6. The monoisotopic (exact) mass is 431 g/mol. The number of halogens is 1. The van der Waals surface area contributed by atoms with Crippen LogP contribution in [0.3, 0.4) is 0 Å². The zero-order valence-electron chi connectivity index (χ0n) is 17.6. The van der Waals surface area contributed by atoms with Gasteiger partial charge in [0.1, 0.15) is 18.0 Å². The van der Waals surface area contributed by atoms with Gasteiger partial charge in [-0.05, 0) is 44.4 Å². The molecule has 0 saturated carbocycles. The molecule has 1 N–H and O–H groups in total. The highest BCUT2D eigenvalue weighted by molar-refractivity contribution is 5.83. The average Bonchev–Trinajstić information content (AvgIpc) is 3.23. The molecule has 1 aliphatic carbocycles. The Labute approximate surface area is 183 Å². The number of hydrogen-bond acceptors (Lipinski definition) is 4. The highest BCUT2D eigenvalue weighted by atomic mass is 19.1. The molecule has 0 fully saturated rings. The zero-order valence-corrected chi connectivity index (χ0v) is 17.6. The van der Waals surface area contributed by atoms with Crippen molar-refractivity contribution >= 4 is 16.7 Å². The maximum atomic E-state index is 14.3. The normalized spacial score (nSPS) is 15.5. The largest absolute Gasteiger partial charge is 0.348 e. The van der Waals surface area contributed by atoms with Gasteiger partial charge in [0.25, 0.3) is 5.56 Å². The number of nitrogens with zero attached hydrogens (tertiary/aromatic N) is 4. The molecule has 162 valence electrons. The summed E-state index contributed by atoms with van der Waals surface area (Å²) in [6.45, 7) is 1.65. The van der Waals surface area contributed by atoms with Crippen molar-refractivity contribution in [3.05, 3.63) is 87.9 Å². The van der Waals surface area contributed by atoms with Gasteiger partial charge in [0, 0.05) is 16.6 Å². The maximum absolute atomic E-state index is 14.3. The molecule has 0 saturated heterocycles. The number of para-hydroxylation sites is 1. The van der Waals surface area contributed by atoms with Gasteiger partial charge in [0.2, 0.25) is 5.91 Å². The molecule has 1 amide bonds. The number of carbonyl (C=O) groups excluding carboxylic acids is 1. The summed E-state index contributed by atoms with van der Waals surface area (Å²) in [6.07, 6.45) is 4.03. The van der Waals surface area contributed by atoms with Gasteiger partial charge in [-0.2, -0.15) is 10.2 Å². The number of amides is 1. The molecule has 2 heterocycles. The quantitative estimate of drug-likeness (QED) is 0.538. The van der Waals surface area contributed by atoms with E-state index in [9.17, 15) is 14.0 Å². The first kappa shape index (κ1) is 20.1. The standard InChI is InChI=1S/C24H22FN5O2/c1-15-16-7-2-3-8-17(16)24(32)29(28-15)14-23(31)27-20-10-6-12-21-18(20)13-26-30(21)22-11-5-4-9-19(22)25/h2-5,7-9,11,13,20H,6,10,12,14H2,1H3,(H,27,31)/t20-/m0/s1. The highest BCUT2D eigenvalue weighted by Gasteiger charge is 2.27. The van der Waals surface area contributed by atoms with Crippen molar-refractivity contribution in [1.82, 2.24) is 24.9 Å². The van der Waals surface area contributed by atoms with Crippen LogP contribution in [0.5, 0.6) is 0 Å². The number of fused-ring (bicyclic) bond motifs is 2. The second-order valence-corrected chi connectivity index (χ2v) is 8.02. The van der Waals surface area contributed by atoms with E-state index in [0.29, 0.717) is 16.8 Å². The van der Waals surface area contributed by atoms with Gasteiger partial charge >= 0.3 is 0 Å². The minimum absolute atomic E-state index is 0.169. The van der Waals surface area contributed by atoms with Crippen LogP contribution in [0, 0.1) is 12.7 Å². The van der Waals surface area contributed by atoms with E-state index >= 15 is 0 Å². The fourth-order valence-corrected chi connectivity index (χ4v) is 4.43. The summed E-state index contributed by atoms with van der Waals surface area (Å²) >= 11 is 0. The molecule has 8 heteroatoms. The Hall–Kier alpha value is -3.81. The predicted octanol–water partition coefficient (Wildman–Crippen LogP) is 3.22. The molecule has 0 unspecified atom stereocenters. The molecule has 7 nitrogen and oxygen atoms in total. The Morgan fingerprint density at radius 2 is 1.91 bits per heavy atom. The molecule has 1 aliphatic rings. The van der Waals surface area contributed by atoms with Crippen LogP contribution in [0.25, 0.3) is 16.5 Å². The summed E-state index contributed by atoms with van der Waals surface area (Å²) in [5.41, 5.74) is 2.56. The second kappa shape index (κ2) is 8.03. The third kappa shape index (κ3) is 3.47. The average molecular weight is 431 g/mol. The molecule has 4 aromatic rings. The van der Waals surface area contributed by atoms with E-state index in [1.807, 2.05) is 19.1 Å². The van der Waals surface area contributed by atoms with Crippen LogP contribution in [-0.4, -0.2) is 25.5 Å². The van der Waals surface area contributed by atoms with E-state index in [4.69, 9.17) is 0 Å². The van der Waals surface area contributed by atoms with E-state index in [-0.39, 0.29) is 29.9 Å². The molecular weight excluding hydrogens is 409 g/mol. The number of nitrogens with one attached hydrogen (secondary N) is 1. The van der Waals surface area contributed by atoms with Crippen LogP contribution in [-0.2, 0) is 17.8 Å². The van der Waals surface area contributed by atoms with Crippen molar-refractivity contribution in [3.8, 4) is 5.69 Å². The van der Waals surface area contributed by atoms with Crippen LogP contribution in [0.1, 0.15) is 35.8 Å². The minimum Gasteiger partial charge on any atom is -0.348 e. The summed E-state index contributed by atoms with van der Waals surface area (Å²) in [6, 6.07) is 13.5. The zero-order chi connectivity index (χ0) is 22.2. The number of benzene rings is 2. The van der Waals surface area contributed by atoms with Gasteiger partial charge in [0.15, 0.2) is 0 Å². The van der Waals surface area contributed by atoms with Gasteiger partial charge < -0.3 is 5.32 Å². The summed E-state index contributed by atoms with van der Waals surface area (Å²) in [7, 11) is 0. The Bertz CT molecular complexity index is 1390. The summed E-state index contributed by atoms with van der Waals surface area (Å²) in [5, 5.41) is 13.0. The first-order chi connectivity index (χ1) is 15.5. The van der Waals surface area contributed by atoms with Crippen LogP contribution >= 0.6 is 0 Å². The third-order valence-corrected chi connectivity index (χ3v) is 5.94. The van der Waals surface area contributed by atoms with Gasteiger partial charge in [-0.1, -0.05) is 30.3 Å². The topological polar surface area (TPSA) is 81.8 Å². The molecule has 5 rings (SSSR count). The molecular formula is C24H22FN5O2. The number of aryl methyl sites for hydroxylation is 1. The number of carbonyl (C=O) groups is 1. The van der Waals surface area contributed by atoms with Crippen LogP contribution in [0.4, 0.5) is 4.39 Å². The lowest BCUT2D eigenvalue weighted by atomic mass is 9.93. The van der Waals surface area contributed by atoms with Crippen molar-refractivity contribution in [1.29, 1.82) is 0 Å². The molecule has 2 aromatic heterocycles. The minimum atomic E-state index is -0.346. The number of hydrogen-bond donors (Lipinski definition) is 1. The first-order valence-corrected chi connectivity index (χ1v) is 10.6. The highest BCUT2D eigenvalue weighted by Crippen LogP contribution is 2.31. The van der Waals surface area contributed by atoms with Gasteiger partial charge in [-0.15, -0.1) is 0 Å². The second-order valence-electron chi connectivity index (χ2n) is 8.02. The SMILES string of the molecule is Cc1nn(CC(=O)N[C@H]2CCCc3c2cnn3-c2ccccc2F)c(=O)c2ccccc12. The van der Waals surface area contributed by atoms with Crippen molar-refractivity contribution in [2.24, 2.45) is 0 Å². The molecule has 32 heavy (non-hydrogen) atoms. The Morgan fingerprint density at radius 3 is 2.72 bits per heavy atom. The summed E-state index contributed by atoms with van der Waals surface area (Å²) in [4.78, 5) is 25.6. The van der Waals surface area contributed by atoms with E-state index in [0.717, 1.165) is 35.9 Å². The van der Waals surface area contributed by atoms with Gasteiger partial charge in [-0.25, -0.2) is 13.8 Å². The lowest BCUT2D eigenvalue weighted by Gasteiger charge is -2.24. The smallest absolute Gasteiger partial charge is 0.275 e. The Balaban J connectivity index is 1.39. The van der Waals surface area contributed by atoms with Crippen LogP contribution < -0.4 is 10.9 Å². The molecule has 0 aliphatic heterocycles. The fourth-order valence-electron chi connectivity index (χ4n) is 4.43. The molecule has 1 atom stereocenters. The van der Waals surface area contributed by atoms with Crippen LogP contribution in [0.15, 0.2) is 59.5 Å². The Kier molecular flexibility index (Phi) is 5.05. The molecule has 2 aromatic carbocycles. The fraction of sp³-hybridized carbons (Fsp3) is 0.250. The van der Waals surface area contributed by atoms with E-state index < -0.39 is 0 Å². The third-order valence-electron chi connectivity index (χ3n) is 5.94. The molecule has 0 radical (unpaired) electrons. The summed E-state index contributed by atoms with van der Waals surface area (Å²) < 4.78 is 17.1. The Morgan fingerprint density at radius 1 is 1.16 bits per heavy atom. The summed E-state index contributed by atoms with van der Waals surface area (Å²) in [5.74, 6) is -0.646. The van der Waals surface area contributed by atoms with E-state index in [1.165, 1.54) is 10.7 Å². The van der Waals surface area contributed by atoms with Crippen molar-refractivity contribution in [2.75, 3.05) is 0 Å².